The molecule has 0 nitrogen and oxygen atoms in total. The van der Waals surface area contributed by atoms with Crippen molar-refractivity contribution in [3.63, 3.8) is 0 Å². The zero-order valence-corrected chi connectivity index (χ0v) is 15.9. The van der Waals surface area contributed by atoms with Crippen LogP contribution >= 0.6 is 0 Å². The average Bonchev–Trinajstić information content (AvgIpc) is 2.59. The number of hydrogen-bond donors (Lipinski definition) is 0. The normalized spacial score (nSPS) is 11.8. The third-order valence-electron chi connectivity index (χ3n) is 5.03. The van der Waals surface area contributed by atoms with Crippen molar-refractivity contribution in [2.24, 2.45) is 0 Å². The monoisotopic (exact) mass is 326 g/mol. The fraction of sp³-hybridized carbons (Fsp3) is 0.200. The van der Waals surface area contributed by atoms with E-state index in [4.69, 9.17) is 0 Å². The first-order chi connectivity index (χ1) is 11.9. The lowest BCUT2D eigenvalue weighted by molar-refractivity contribution is 1.38. The number of benzene rings is 3. The maximum absolute atomic E-state index is 4.04. The second-order valence-corrected chi connectivity index (χ2v) is 7.09. The van der Waals surface area contributed by atoms with E-state index in [0.717, 1.165) is 5.57 Å². The van der Waals surface area contributed by atoms with E-state index in [1.54, 1.807) is 0 Å². The third-order valence-corrected chi connectivity index (χ3v) is 5.03. The van der Waals surface area contributed by atoms with Crippen LogP contribution in [0.1, 0.15) is 36.1 Å². The molecule has 0 aliphatic heterocycles. The minimum atomic E-state index is 1.16. The molecule has 0 saturated carbocycles. The molecule has 0 fully saturated rings. The van der Waals surface area contributed by atoms with Gasteiger partial charge in [0.2, 0.25) is 0 Å². The molecule has 25 heavy (non-hydrogen) atoms. The molecule has 0 radical (unpaired) electrons. The topological polar surface area (TPSA) is 0 Å². The molecule has 0 spiro atoms. The number of fused-ring (bicyclic) bond motifs is 3. The second kappa shape index (κ2) is 6.72. The molecule has 0 aliphatic rings. The SMILES string of the molecule is C=C/C(=C\C=C(C)C)c1ccc(C)c2c1ccc1ccc(C)c(C)c12. The maximum Gasteiger partial charge on any atom is -0.00671 e. The Labute approximate surface area is 151 Å². The van der Waals surface area contributed by atoms with Crippen molar-refractivity contribution < 1.29 is 0 Å². The minimum absolute atomic E-state index is 1.16. The first-order valence-corrected chi connectivity index (χ1v) is 8.84. The summed E-state index contributed by atoms with van der Waals surface area (Å²) in [5.41, 5.74) is 7.73. The Morgan fingerprint density at radius 1 is 0.800 bits per heavy atom. The van der Waals surface area contributed by atoms with E-state index in [2.05, 4.69) is 89.7 Å². The molecule has 3 rings (SSSR count). The fourth-order valence-corrected chi connectivity index (χ4v) is 3.49. The molecule has 3 aromatic carbocycles. The van der Waals surface area contributed by atoms with Gasteiger partial charge in [-0.3, -0.25) is 0 Å². The molecule has 0 aromatic heterocycles. The molecule has 0 atom stereocenters. The summed E-state index contributed by atoms with van der Waals surface area (Å²) in [5, 5.41) is 5.35. The molecular weight excluding hydrogens is 300 g/mol. The van der Waals surface area contributed by atoms with Crippen molar-refractivity contribution in [3.05, 3.63) is 89.0 Å². The van der Waals surface area contributed by atoms with E-state index in [0.29, 0.717) is 0 Å². The summed E-state index contributed by atoms with van der Waals surface area (Å²) < 4.78 is 0. The minimum Gasteiger partial charge on any atom is -0.0984 e. The van der Waals surface area contributed by atoms with Crippen molar-refractivity contribution in [2.75, 3.05) is 0 Å². The van der Waals surface area contributed by atoms with E-state index in [1.165, 1.54) is 49.4 Å². The lowest BCUT2D eigenvalue weighted by Gasteiger charge is -2.15. The zero-order valence-electron chi connectivity index (χ0n) is 15.9. The van der Waals surface area contributed by atoms with Gasteiger partial charge in [-0.25, -0.2) is 0 Å². The van der Waals surface area contributed by atoms with Crippen LogP contribution < -0.4 is 0 Å². The Morgan fingerprint density at radius 2 is 1.48 bits per heavy atom. The predicted octanol–water partition coefficient (Wildman–Crippen LogP) is 7.45. The summed E-state index contributed by atoms with van der Waals surface area (Å²) >= 11 is 0. The first kappa shape index (κ1) is 17.2. The summed E-state index contributed by atoms with van der Waals surface area (Å²) in [5.74, 6) is 0. The molecule has 0 heteroatoms. The van der Waals surface area contributed by atoms with Gasteiger partial charge in [-0.1, -0.05) is 66.8 Å². The predicted molar refractivity (Wildman–Crippen MR) is 113 cm³/mol. The van der Waals surface area contributed by atoms with Gasteiger partial charge in [0.15, 0.2) is 0 Å². The van der Waals surface area contributed by atoms with Gasteiger partial charge in [0, 0.05) is 0 Å². The van der Waals surface area contributed by atoms with E-state index in [-0.39, 0.29) is 0 Å². The van der Waals surface area contributed by atoms with Gasteiger partial charge in [0.25, 0.3) is 0 Å². The van der Waals surface area contributed by atoms with Gasteiger partial charge in [-0.15, -0.1) is 0 Å². The Morgan fingerprint density at radius 3 is 2.16 bits per heavy atom. The van der Waals surface area contributed by atoms with Crippen LogP contribution in [-0.4, -0.2) is 0 Å². The molecule has 3 aromatic rings. The van der Waals surface area contributed by atoms with Crippen LogP contribution in [0.5, 0.6) is 0 Å². The first-order valence-electron chi connectivity index (χ1n) is 8.84. The summed E-state index contributed by atoms with van der Waals surface area (Å²) in [7, 11) is 0. The quantitative estimate of drug-likeness (QED) is 0.346. The zero-order chi connectivity index (χ0) is 18.1. The standard InChI is InChI=1S/C25H26/c1-7-20(11-8-16(2)3)22-14-10-18(5)24-23(22)15-13-21-12-9-17(4)19(6)25(21)24/h7-15H,1H2,2-6H3/b20-11+. The van der Waals surface area contributed by atoms with Crippen LogP contribution in [0.2, 0.25) is 0 Å². The van der Waals surface area contributed by atoms with Gasteiger partial charge in [0.1, 0.15) is 0 Å². The highest BCUT2D eigenvalue weighted by atomic mass is 14.2. The van der Waals surface area contributed by atoms with Gasteiger partial charge < -0.3 is 0 Å². The van der Waals surface area contributed by atoms with Crippen LogP contribution in [0.3, 0.4) is 0 Å². The number of allylic oxidation sites excluding steroid dienone is 5. The van der Waals surface area contributed by atoms with Crippen LogP contribution in [-0.2, 0) is 0 Å². The van der Waals surface area contributed by atoms with Crippen molar-refractivity contribution in [2.45, 2.75) is 34.6 Å². The van der Waals surface area contributed by atoms with Gasteiger partial charge in [0.05, 0.1) is 0 Å². The second-order valence-electron chi connectivity index (χ2n) is 7.09. The Kier molecular flexibility index (Phi) is 4.63. The number of rotatable bonds is 3. The Balaban J connectivity index is 2.45. The lowest BCUT2D eigenvalue weighted by atomic mass is 9.89. The summed E-state index contributed by atoms with van der Waals surface area (Å²) in [4.78, 5) is 0. The molecule has 0 heterocycles. The Hall–Kier alpha value is -2.60. The third kappa shape index (κ3) is 3.05. The van der Waals surface area contributed by atoms with Crippen LogP contribution in [0.4, 0.5) is 0 Å². The molecule has 126 valence electrons. The molecule has 0 aliphatic carbocycles. The summed E-state index contributed by atoms with van der Waals surface area (Å²) in [6.07, 6.45) is 6.27. The fourth-order valence-electron chi connectivity index (χ4n) is 3.49. The van der Waals surface area contributed by atoms with Crippen molar-refractivity contribution in [1.29, 1.82) is 0 Å². The van der Waals surface area contributed by atoms with Crippen LogP contribution in [0, 0.1) is 20.8 Å². The smallest absolute Gasteiger partial charge is 0.00671 e. The van der Waals surface area contributed by atoms with E-state index in [9.17, 15) is 0 Å². The molecule has 0 amide bonds. The molecule has 0 saturated heterocycles. The van der Waals surface area contributed by atoms with E-state index in [1.807, 2.05) is 6.08 Å². The van der Waals surface area contributed by atoms with Gasteiger partial charge in [-0.05, 0) is 84.0 Å². The highest BCUT2D eigenvalue weighted by Crippen LogP contribution is 2.36. The highest BCUT2D eigenvalue weighted by Gasteiger charge is 2.11. The van der Waals surface area contributed by atoms with Crippen molar-refractivity contribution in [1.82, 2.24) is 0 Å². The maximum atomic E-state index is 4.04. The lowest BCUT2D eigenvalue weighted by Crippen LogP contribution is -1.92. The highest BCUT2D eigenvalue weighted by molar-refractivity contribution is 6.14. The summed E-state index contributed by atoms with van der Waals surface area (Å²) in [6, 6.07) is 13.4. The molecule has 0 N–H and O–H groups in total. The molecular formula is C25H26. The van der Waals surface area contributed by atoms with E-state index < -0.39 is 0 Å². The largest absolute Gasteiger partial charge is 0.0984 e. The van der Waals surface area contributed by atoms with Gasteiger partial charge in [-0.2, -0.15) is 0 Å². The van der Waals surface area contributed by atoms with Crippen molar-refractivity contribution in [3.8, 4) is 0 Å². The van der Waals surface area contributed by atoms with Gasteiger partial charge >= 0.3 is 0 Å². The Bertz CT molecular complexity index is 1040. The van der Waals surface area contributed by atoms with Crippen molar-refractivity contribution >= 4 is 27.1 Å². The number of hydrogen-bond acceptors (Lipinski definition) is 0. The summed E-state index contributed by atoms with van der Waals surface area (Å²) in [6.45, 7) is 14.9. The molecule has 0 bridgehead atoms. The molecule has 0 unspecified atom stereocenters. The number of aryl methyl sites for hydroxylation is 3. The van der Waals surface area contributed by atoms with Crippen LogP contribution in [0.25, 0.3) is 27.1 Å². The average molecular weight is 326 g/mol. The van der Waals surface area contributed by atoms with E-state index >= 15 is 0 Å². The van der Waals surface area contributed by atoms with Crippen LogP contribution in [0.15, 0.2) is 66.8 Å².